The van der Waals surface area contributed by atoms with E-state index in [0.717, 1.165) is 52.8 Å². The summed E-state index contributed by atoms with van der Waals surface area (Å²) in [6.07, 6.45) is 7.45. The Morgan fingerprint density at radius 1 is 1.32 bits per heavy atom. The number of hydrogen-bond donors (Lipinski definition) is 2. The molecular weight excluding hydrogens is 430 g/mol. The number of hydrazine groups is 1. The number of hydrogen-bond acceptors (Lipinski definition) is 9. The summed E-state index contributed by atoms with van der Waals surface area (Å²) < 4.78 is 7.09. The van der Waals surface area contributed by atoms with E-state index in [1.54, 1.807) is 13.2 Å². The fraction of sp³-hybridized carbons (Fsp3) is 0.333. The molecule has 10 nitrogen and oxygen atoms in total. The molecule has 0 unspecified atom stereocenters. The molecule has 0 aliphatic carbocycles. The van der Waals surface area contributed by atoms with Crippen molar-refractivity contribution in [3.8, 4) is 11.3 Å². The molecule has 0 amide bonds. The van der Waals surface area contributed by atoms with Gasteiger partial charge in [0.1, 0.15) is 5.69 Å². The first-order valence-electron chi connectivity index (χ1n) is 11.1. The van der Waals surface area contributed by atoms with Gasteiger partial charge in [-0.05, 0) is 32.0 Å². The molecular formula is C24H31N9O. The molecule has 3 aromatic heterocycles. The number of ether oxygens (including phenoxy) is 1. The lowest BCUT2D eigenvalue weighted by Crippen LogP contribution is -2.34. The van der Waals surface area contributed by atoms with E-state index < -0.39 is 0 Å². The second-order valence-corrected chi connectivity index (χ2v) is 8.14. The van der Waals surface area contributed by atoms with Crippen LogP contribution < -0.4 is 15.6 Å². The lowest BCUT2D eigenvalue weighted by Gasteiger charge is -2.28. The molecule has 0 saturated heterocycles. The SMILES string of the molecule is C=CCNN(C)/C=C(\C)Nc1ncc2c(-c3ccc4c(n3)N(CCOC)CC(C)=N4)ccn2n1. The van der Waals surface area contributed by atoms with Gasteiger partial charge in [-0.15, -0.1) is 11.7 Å². The highest BCUT2D eigenvalue weighted by atomic mass is 16.5. The van der Waals surface area contributed by atoms with Crippen LogP contribution in [0.5, 0.6) is 0 Å². The average molecular weight is 462 g/mol. The van der Waals surface area contributed by atoms with Gasteiger partial charge in [-0.25, -0.2) is 19.9 Å². The zero-order valence-electron chi connectivity index (χ0n) is 20.1. The topological polar surface area (TPSA) is 95.2 Å². The molecule has 0 radical (unpaired) electrons. The van der Waals surface area contributed by atoms with Crippen molar-refractivity contribution >= 4 is 28.7 Å². The minimum atomic E-state index is 0.509. The Balaban J connectivity index is 1.58. The zero-order valence-corrected chi connectivity index (χ0v) is 20.1. The van der Waals surface area contributed by atoms with Crippen LogP contribution in [-0.2, 0) is 4.74 Å². The number of allylic oxidation sites excluding steroid dienone is 1. The summed E-state index contributed by atoms with van der Waals surface area (Å²) >= 11 is 0. The van der Waals surface area contributed by atoms with E-state index in [-0.39, 0.29) is 0 Å². The van der Waals surface area contributed by atoms with E-state index in [1.165, 1.54) is 0 Å². The van der Waals surface area contributed by atoms with Gasteiger partial charge in [-0.3, -0.25) is 4.99 Å². The van der Waals surface area contributed by atoms with Crippen LogP contribution in [0.3, 0.4) is 0 Å². The van der Waals surface area contributed by atoms with Crippen molar-refractivity contribution < 1.29 is 4.74 Å². The van der Waals surface area contributed by atoms with Crippen molar-refractivity contribution in [1.29, 1.82) is 0 Å². The van der Waals surface area contributed by atoms with E-state index in [2.05, 4.69) is 37.3 Å². The molecule has 1 aliphatic rings. The van der Waals surface area contributed by atoms with Crippen molar-refractivity contribution in [2.24, 2.45) is 4.99 Å². The summed E-state index contributed by atoms with van der Waals surface area (Å²) in [5, 5.41) is 9.69. The van der Waals surface area contributed by atoms with Crippen LogP contribution in [0.2, 0.25) is 0 Å². The van der Waals surface area contributed by atoms with E-state index in [9.17, 15) is 0 Å². The Hall–Kier alpha value is -3.76. The molecule has 0 spiro atoms. The summed E-state index contributed by atoms with van der Waals surface area (Å²) in [7, 11) is 3.63. The van der Waals surface area contributed by atoms with Gasteiger partial charge in [0, 0.05) is 56.6 Å². The van der Waals surface area contributed by atoms with Crippen LogP contribution in [0.4, 0.5) is 17.5 Å². The standard InChI is InChI=1S/C24H31N9O/c1-6-10-26-31(4)15-17(2)28-24-25-14-22-19(9-11-33(22)30-24)20-7-8-21-23(29-20)32(12-13-34-5)16-18(3)27-21/h6-9,11,14-15,26H,1,10,12-13,16H2,2-5H3,(H,28,30)/b17-15+. The molecule has 10 heteroatoms. The maximum atomic E-state index is 5.28. The summed E-state index contributed by atoms with van der Waals surface area (Å²) in [4.78, 5) is 16.4. The molecule has 34 heavy (non-hydrogen) atoms. The summed E-state index contributed by atoms with van der Waals surface area (Å²) in [5.41, 5.74) is 8.70. The Kier molecular flexibility index (Phi) is 7.19. The van der Waals surface area contributed by atoms with Crippen molar-refractivity contribution in [2.75, 3.05) is 50.6 Å². The monoisotopic (exact) mass is 461 g/mol. The van der Waals surface area contributed by atoms with Crippen molar-refractivity contribution in [1.82, 2.24) is 30.0 Å². The van der Waals surface area contributed by atoms with E-state index in [1.807, 2.05) is 67.2 Å². The van der Waals surface area contributed by atoms with E-state index in [0.29, 0.717) is 19.1 Å². The highest BCUT2D eigenvalue weighted by Crippen LogP contribution is 2.34. The molecule has 0 aromatic carbocycles. The molecule has 178 valence electrons. The highest BCUT2D eigenvalue weighted by Gasteiger charge is 2.20. The van der Waals surface area contributed by atoms with Crippen molar-refractivity contribution in [3.63, 3.8) is 0 Å². The average Bonchev–Trinajstić information content (AvgIpc) is 3.24. The molecule has 0 saturated carbocycles. The smallest absolute Gasteiger partial charge is 0.245 e. The van der Waals surface area contributed by atoms with Crippen molar-refractivity contribution in [2.45, 2.75) is 13.8 Å². The molecule has 4 rings (SSSR count). The third-order valence-corrected chi connectivity index (χ3v) is 5.32. The predicted octanol–water partition coefficient (Wildman–Crippen LogP) is 3.25. The number of pyridine rings is 1. The molecule has 3 aromatic rings. The Morgan fingerprint density at radius 2 is 2.18 bits per heavy atom. The minimum absolute atomic E-state index is 0.509. The number of methoxy groups -OCH3 is 1. The van der Waals surface area contributed by atoms with Gasteiger partial charge in [-0.1, -0.05) is 6.08 Å². The van der Waals surface area contributed by atoms with Crippen LogP contribution in [0, 0.1) is 0 Å². The first-order valence-corrected chi connectivity index (χ1v) is 11.1. The number of rotatable bonds is 10. The second kappa shape index (κ2) is 10.4. The lowest BCUT2D eigenvalue weighted by molar-refractivity contribution is 0.205. The Bertz CT molecular complexity index is 1230. The summed E-state index contributed by atoms with van der Waals surface area (Å²) in [6, 6.07) is 6.02. The normalized spacial score (nSPS) is 13.6. The summed E-state index contributed by atoms with van der Waals surface area (Å²) in [6.45, 7) is 10.5. The third-order valence-electron chi connectivity index (χ3n) is 5.32. The molecule has 1 aliphatic heterocycles. The molecule has 0 bridgehead atoms. The summed E-state index contributed by atoms with van der Waals surface area (Å²) in [5.74, 6) is 1.38. The Morgan fingerprint density at radius 3 is 2.97 bits per heavy atom. The molecule has 4 heterocycles. The van der Waals surface area contributed by atoms with Gasteiger partial charge in [-0.2, -0.15) is 0 Å². The van der Waals surface area contributed by atoms with Gasteiger partial charge in [0.05, 0.1) is 30.6 Å². The van der Waals surface area contributed by atoms with Gasteiger partial charge < -0.3 is 20.0 Å². The number of aliphatic imine (C=N–C) groups is 1. The van der Waals surface area contributed by atoms with Crippen molar-refractivity contribution in [3.05, 3.63) is 55.1 Å². The van der Waals surface area contributed by atoms with Crippen LogP contribution in [0.1, 0.15) is 13.8 Å². The number of anilines is 2. The zero-order chi connectivity index (χ0) is 24.1. The van der Waals surface area contributed by atoms with E-state index >= 15 is 0 Å². The second-order valence-electron chi connectivity index (χ2n) is 8.14. The number of nitrogens with one attached hydrogen (secondary N) is 2. The number of fused-ring (bicyclic) bond motifs is 2. The molecule has 2 N–H and O–H groups in total. The van der Waals surface area contributed by atoms with Gasteiger partial charge in [0.2, 0.25) is 5.95 Å². The molecule has 0 atom stereocenters. The van der Waals surface area contributed by atoms with Crippen LogP contribution in [0.25, 0.3) is 16.8 Å². The number of aromatic nitrogens is 4. The van der Waals surface area contributed by atoms with Crippen LogP contribution in [0.15, 0.2) is 60.1 Å². The predicted molar refractivity (Wildman–Crippen MR) is 136 cm³/mol. The maximum absolute atomic E-state index is 5.28. The highest BCUT2D eigenvalue weighted by molar-refractivity contribution is 5.94. The minimum Gasteiger partial charge on any atom is -0.383 e. The number of nitrogens with zero attached hydrogens (tertiary/aromatic N) is 7. The van der Waals surface area contributed by atoms with E-state index in [4.69, 9.17) is 9.72 Å². The van der Waals surface area contributed by atoms with Gasteiger partial charge in [0.15, 0.2) is 5.82 Å². The van der Waals surface area contributed by atoms with Gasteiger partial charge >= 0.3 is 0 Å². The third kappa shape index (κ3) is 5.24. The maximum Gasteiger partial charge on any atom is 0.245 e. The molecule has 0 fully saturated rings. The fourth-order valence-corrected chi connectivity index (χ4v) is 3.82. The lowest BCUT2D eigenvalue weighted by atomic mass is 10.1. The van der Waals surface area contributed by atoms with Crippen LogP contribution in [-0.4, -0.2) is 70.7 Å². The first kappa shape index (κ1) is 23.4. The quantitative estimate of drug-likeness (QED) is 0.351. The fourth-order valence-electron chi connectivity index (χ4n) is 3.82. The first-order chi connectivity index (χ1) is 16.5. The van der Waals surface area contributed by atoms with Crippen LogP contribution >= 0.6 is 0 Å². The van der Waals surface area contributed by atoms with Gasteiger partial charge in [0.25, 0.3) is 0 Å². The Labute approximate surface area is 199 Å². The largest absolute Gasteiger partial charge is 0.383 e.